The van der Waals surface area contributed by atoms with Gasteiger partial charge < -0.3 is 10.1 Å². The van der Waals surface area contributed by atoms with E-state index in [-0.39, 0.29) is 6.04 Å². The topological polar surface area (TPSA) is 105 Å². The summed E-state index contributed by atoms with van der Waals surface area (Å²) in [4.78, 5) is 25.5. The van der Waals surface area contributed by atoms with Crippen molar-refractivity contribution in [1.29, 1.82) is 0 Å². The number of pyridine rings is 2. The van der Waals surface area contributed by atoms with Crippen molar-refractivity contribution in [2.45, 2.75) is 32.4 Å². The van der Waals surface area contributed by atoms with Gasteiger partial charge in [-0.2, -0.15) is 5.10 Å². The average molecular weight is 441 g/mol. The first-order chi connectivity index (χ1) is 15.9. The lowest BCUT2D eigenvalue weighted by Gasteiger charge is -2.23. The minimum atomic E-state index is -0.565. The molecule has 5 rings (SSSR count). The number of aromatic amines is 1. The van der Waals surface area contributed by atoms with E-state index in [1.165, 1.54) is 0 Å². The number of ether oxygens (including phenoxy) is 1. The fourth-order valence-corrected chi connectivity index (χ4v) is 3.89. The van der Waals surface area contributed by atoms with E-state index in [4.69, 9.17) is 4.74 Å². The first-order valence-corrected chi connectivity index (χ1v) is 10.8. The third kappa shape index (κ3) is 4.32. The summed E-state index contributed by atoms with van der Waals surface area (Å²) < 4.78 is 5.38. The molecule has 1 atom stereocenters. The van der Waals surface area contributed by atoms with Gasteiger partial charge in [0.15, 0.2) is 0 Å². The van der Waals surface area contributed by atoms with Gasteiger partial charge in [-0.05, 0) is 50.6 Å². The van der Waals surface area contributed by atoms with Crippen molar-refractivity contribution < 1.29 is 9.53 Å². The van der Waals surface area contributed by atoms with Crippen molar-refractivity contribution in [1.82, 2.24) is 25.5 Å². The average Bonchev–Trinajstić information content (AvgIpc) is 3.23. The second-order valence-electron chi connectivity index (χ2n) is 8.96. The fraction of sp³-hybridized carbons (Fsp3) is 0.240. The highest BCUT2D eigenvalue weighted by Crippen LogP contribution is 2.32. The van der Waals surface area contributed by atoms with E-state index in [9.17, 15) is 4.79 Å². The predicted octanol–water partition coefficient (Wildman–Crippen LogP) is 4.53. The second kappa shape index (κ2) is 8.12. The molecule has 1 aliphatic rings. The van der Waals surface area contributed by atoms with Crippen LogP contribution in [0, 0.1) is 0 Å². The summed E-state index contributed by atoms with van der Waals surface area (Å²) in [5.41, 5.74) is 4.81. The van der Waals surface area contributed by atoms with Crippen molar-refractivity contribution in [2.24, 2.45) is 4.99 Å². The zero-order chi connectivity index (χ0) is 23.0. The Morgan fingerprint density at radius 3 is 2.85 bits per heavy atom. The van der Waals surface area contributed by atoms with Crippen LogP contribution in [0.2, 0.25) is 0 Å². The van der Waals surface area contributed by atoms with Gasteiger partial charge in [0.2, 0.25) is 0 Å². The summed E-state index contributed by atoms with van der Waals surface area (Å²) in [7, 11) is 0. The van der Waals surface area contributed by atoms with Crippen molar-refractivity contribution in [3.63, 3.8) is 0 Å². The lowest BCUT2D eigenvalue weighted by atomic mass is 9.99. The zero-order valence-corrected chi connectivity index (χ0v) is 18.7. The van der Waals surface area contributed by atoms with Gasteiger partial charge in [0, 0.05) is 40.5 Å². The quantitative estimate of drug-likeness (QED) is 0.487. The summed E-state index contributed by atoms with van der Waals surface area (Å²) in [6.07, 6.45) is 8.67. The number of hydrogen-bond acceptors (Lipinski definition) is 6. The molecule has 0 aliphatic carbocycles. The number of nitrogens with zero attached hydrogens (tertiary/aromatic N) is 4. The van der Waals surface area contributed by atoms with Gasteiger partial charge in [-0.15, -0.1) is 0 Å². The van der Waals surface area contributed by atoms with Crippen LogP contribution in [-0.4, -0.2) is 50.7 Å². The number of benzene rings is 1. The normalized spacial score (nSPS) is 16.1. The molecule has 4 heterocycles. The van der Waals surface area contributed by atoms with E-state index in [0.29, 0.717) is 6.54 Å². The number of H-pyrrole nitrogens is 1. The Morgan fingerprint density at radius 1 is 1.18 bits per heavy atom. The van der Waals surface area contributed by atoms with Gasteiger partial charge in [-0.3, -0.25) is 20.1 Å². The van der Waals surface area contributed by atoms with Crippen molar-refractivity contribution in [3.05, 3.63) is 60.7 Å². The molecule has 166 valence electrons. The molecular weight excluding hydrogens is 416 g/mol. The zero-order valence-electron chi connectivity index (χ0n) is 18.7. The maximum absolute atomic E-state index is 12.2. The number of aromatic nitrogens is 4. The highest BCUT2D eigenvalue weighted by atomic mass is 16.6. The SMILES string of the molecule is CC(C)(C)OC(=O)NC1C=C(c2n[nH]c3cnc4ccc(-c5cccnc5)cc4c23)C=NC1. The minimum Gasteiger partial charge on any atom is -0.444 e. The maximum Gasteiger partial charge on any atom is 0.408 e. The van der Waals surface area contributed by atoms with Crippen LogP contribution in [0.15, 0.2) is 60.0 Å². The molecule has 1 amide bonds. The Kier molecular flexibility index (Phi) is 5.12. The number of dihydropyridines is 1. The van der Waals surface area contributed by atoms with Crippen molar-refractivity contribution >= 4 is 39.7 Å². The second-order valence-corrected chi connectivity index (χ2v) is 8.96. The van der Waals surface area contributed by atoms with Crippen LogP contribution in [-0.2, 0) is 4.74 Å². The highest BCUT2D eigenvalue weighted by Gasteiger charge is 2.22. The predicted molar refractivity (Wildman–Crippen MR) is 129 cm³/mol. The molecule has 8 nitrogen and oxygen atoms in total. The molecule has 0 fully saturated rings. The Bertz CT molecular complexity index is 1400. The van der Waals surface area contributed by atoms with Gasteiger partial charge in [0.1, 0.15) is 11.3 Å². The van der Waals surface area contributed by atoms with Crippen molar-refractivity contribution in [3.8, 4) is 11.1 Å². The molecule has 4 aromatic rings. The van der Waals surface area contributed by atoms with Crippen LogP contribution in [0.3, 0.4) is 0 Å². The lowest BCUT2D eigenvalue weighted by Crippen LogP contribution is -2.40. The van der Waals surface area contributed by atoms with Gasteiger partial charge in [-0.25, -0.2) is 4.79 Å². The highest BCUT2D eigenvalue weighted by molar-refractivity contribution is 6.19. The largest absolute Gasteiger partial charge is 0.444 e. The van der Waals surface area contributed by atoms with Crippen LogP contribution >= 0.6 is 0 Å². The van der Waals surface area contributed by atoms with Gasteiger partial charge in [0.25, 0.3) is 0 Å². The minimum absolute atomic E-state index is 0.286. The Labute approximate surface area is 190 Å². The lowest BCUT2D eigenvalue weighted by molar-refractivity contribution is 0.0516. The number of alkyl carbamates (subject to hydrolysis) is 1. The maximum atomic E-state index is 12.2. The van der Waals surface area contributed by atoms with Gasteiger partial charge >= 0.3 is 6.09 Å². The first kappa shape index (κ1) is 20.8. The van der Waals surface area contributed by atoms with E-state index < -0.39 is 11.7 Å². The van der Waals surface area contributed by atoms with E-state index in [1.807, 2.05) is 57.3 Å². The third-order valence-corrected chi connectivity index (χ3v) is 5.28. The van der Waals surface area contributed by atoms with E-state index in [2.05, 4.69) is 36.5 Å². The fourth-order valence-electron chi connectivity index (χ4n) is 3.89. The van der Waals surface area contributed by atoms with Gasteiger partial charge in [0.05, 0.1) is 29.8 Å². The van der Waals surface area contributed by atoms with Gasteiger partial charge in [-0.1, -0.05) is 12.1 Å². The number of carbonyl (C=O) groups is 1. The van der Waals surface area contributed by atoms with Crippen LogP contribution in [0.1, 0.15) is 26.5 Å². The number of hydrogen-bond donors (Lipinski definition) is 2. The monoisotopic (exact) mass is 440 g/mol. The van der Waals surface area contributed by atoms with Crippen LogP contribution in [0.4, 0.5) is 4.79 Å². The molecular formula is C25H24N6O2. The molecule has 1 aliphatic heterocycles. The molecule has 0 bridgehead atoms. The molecule has 2 N–H and O–H groups in total. The summed E-state index contributed by atoms with van der Waals surface area (Å²) in [6, 6.07) is 9.82. The number of aliphatic imine (C=N–C) groups is 1. The molecule has 0 saturated carbocycles. The van der Waals surface area contributed by atoms with Crippen molar-refractivity contribution in [2.75, 3.05) is 6.54 Å². The Morgan fingerprint density at radius 2 is 2.06 bits per heavy atom. The summed E-state index contributed by atoms with van der Waals surface area (Å²) in [6.45, 7) is 5.95. The Balaban J connectivity index is 1.55. The molecule has 0 spiro atoms. The molecule has 0 saturated heterocycles. The molecule has 0 radical (unpaired) electrons. The number of carbonyl (C=O) groups excluding carboxylic acids is 1. The number of fused-ring (bicyclic) bond motifs is 3. The molecule has 1 unspecified atom stereocenters. The summed E-state index contributed by atoms with van der Waals surface area (Å²) in [5.74, 6) is 0. The standard InChI is InChI=1S/C25H24N6O2/c1-25(2,3)33-24(32)29-18-9-17(12-27-13-18)23-22-19-10-15(16-5-4-8-26-11-16)6-7-20(19)28-14-21(22)30-31-23/h4-12,14,18H,13H2,1-3H3,(H,29,32)(H,30,31). The number of nitrogens with one attached hydrogen (secondary N) is 2. The first-order valence-electron chi connectivity index (χ1n) is 10.8. The van der Waals surface area contributed by atoms with Crippen LogP contribution in [0.5, 0.6) is 0 Å². The number of amides is 1. The summed E-state index contributed by atoms with van der Waals surface area (Å²) in [5, 5.41) is 12.5. The molecule has 8 heteroatoms. The number of rotatable bonds is 3. The summed E-state index contributed by atoms with van der Waals surface area (Å²) >= 11 is 0. The molecule has 33 heavy (non-hydrogen) atoms. The van der Waals surface area contributed by atoms with Crippen LogP contribution < -0.4 is 5.32 Å². The van der Waals surface area contributed by atoms with E-state index in [1.54, 1.807) is 18.6 Å². The Hall–Kier alpha value is -4.07. The third-order valence-electron chi connectivity index (χ3n) is 5.28. The van der Waals surface area contributed by atoms with E-state index in [0.717, 1.165) is 44.2 Å². The smallest absolute Gasteiger partial charge is 0.408 e. The molecule has 3 aromatic heterocycles. The van der Waals surface area contributed by atoms with Crippen LogP contribution in [0.25, 0.3) is 38.5 Å². The molecule has 1 aromatic carbocycles. The van der Waals surface area contributed by atoms with E-state index >= 15 is 0 Å². The number of allylic oxidation sites excluding steroid dienone is 1.